The van der Waals surface area contributed by atoms with Gasteiger partial charge in [0.05, 0.1) is 5.56 Å². The second-order valence-corrected chi connectivity index (χ2v) is 3.96. The van der Waals surface area contributed by atoms with E-state index in [0.717, 1.165) is 25.1 Å². The molecule has 15 heavy (non-hydrogen) atoms. The van der Waals surface area contributed by atoms with Gasteiger partial charge in [-0.1, -0.05) is 0 Å². The minimum Gasteiger partial charge on any atom is -0.369 e. The molecular weight excluding hydrogens is 191 g/mol. The van der Waals surface area contributed by atoms with Gasteiger partial charge in [-0.25, -0.2) is 4.39 Å². The van der Waals surface area contributed by atoms with Gasteiger partial charge in [0.15, 0.2) is 0 Å². The smallest absolute Gasteiger partial charge is 0.143 e. The molecule has 1 fully saturated rings. The Morgan fingerprint density at radius 2 is 2.33 bits per heavy atom. The van der Waals surface area contributed by atoms with Crippen molar-refractivity contribution in [2.24, 2.45) is 0 Å². The molecule has 1 atom stereocenters. The van der Waals surface area contributed by atoms with E-state index in [1.54, 1.807) is 6.07 Å². The molecule has 1 saturated heterocycles. The van der Waals surface area contributed by atoms with Crippen molar-refractivity contribution in [2.45, 2.75) is 25.8 Å². The zero-order valence-electron chi connectivity index (χ0n) is 8.70. The van der Waals surface area contributed by atoms with Crippen LogP contribution in [0.3, 0.4) is 0 Å². The molecule has 1 unspecified atom stereocenters. The summed E-state index contributed by atoms with van der Waals surface area (Å²) in [6.07, 6.45) is 2.31. The van der Waals surface area contributed by atoms with E-state index in [4.69, 9.17) is 5.26 Å². The summed E-state index contributed by atoms with van der Waals surface area (Å²) in [5.41, 5.74) is 1.00. The van der Waals surface area contributed by atoms with E-state index < -0.39 is 5.82 Å². The highest BCUT2D eigenvalue weighted by atomic mass is 19.1. The maximum atomic E-state index is 13.4. The normalized spacial score (nSPS) is 20.3. The second kappa shape index (κ2) is 3.90. The van der Waals surface area contributed by atoms with Gasteiger partial charge in [-0.3, -0.25) is 0 Å². The molecule has 1 aliphatic heterocycles. The fourth-order valence-electron chi connectivity index (χ4n) is 2.09. The number of anilines is 1. The Bertz CT molecular complexity index is 409. The number of nitriles is 1. The van der Waals surface area contributed by atoms with Crippen molar-refractivity contribution in [2.75, 3.05) is 11.4 Å². The quantitative estimate of drug-likeness (QED) is 0.703. The molecule has 0 amide bonds. The Balaban J connectivity index is 2.30. The fourth-order valence-corrected chi connectivity index (χ4v) is 2.09. The molecule has 2 rings (SSSR count). The SMILES string of the molecule is CC1CCCN1c1ccc(C#N)c(F)c1. The molecule has 2 nitrogen and oxygen atoms in total. The van der Waals surface area contributed by atoms with Crippen molar-refractivity contribution in [3.63, 3.8) is 0 Å². The molecule has 0 spiro atoms. The lowest BCUT2D eigenvalue weighted by Gasteiger charge is -2.23. The van der Waals surface area contributed by atoms with Gasteiger partial charge < -0.3 is 4.90 Å². The lowest BCUT2D eigenvalue weighted by atomic mass is 10.2. The molecule has 1 aliphatic rings. The van der Waals surface area contributed by atoms with Crippen LogP contribution in [0.2, 0.25) is 0 Å². The zero-order chi connectivity index (χ0) is 10.8. The van der Waals surface area contributed by atoms with Crippen LogP contribution in [0, 0.1) is 17.1 Å². The maximum absolute atomic E-state index is 13.4. The fraction of sp³-hybridized carbons (Fsp3) is 0.417. The highest BCUT2D eigenvalue weighted by molar-refractivity contribution is 5.51. The second-order valence-electron chi connectivity index (χ2n) is 3.96. The van der Waals surface area contributed by atoms with Gasteiger partial charge in [-0.15, -0.1) is 0 Å². The predicted molar refractivity (Wildman–Crippen MR) is 57.2 cm³/mol. The maximum Gasteiger partial charge on any atom is 0.143 e. The minimum absolute atomic E-state index is 0.116. The van der Waals surface area contributed by atoms with Crippen LogP contribution >= 0.6 is 0 Å². The van der Waals surface area contributed by atoms with Crippen LogP contribution in [0.1, 0.15) is 25.3 Å². The Labute approximate surface area is 88.9 Å². The molecular formula is C12H13FN2. The summed E-state index contributed by atoms with van der Waals surface area (Å²) >= 11 is 0. The van der Waals surface area contributed by atoms with Crippen LogP contribution in [0.25, 0.3) is 0 Å². The third-order valence-electron chi connectivity index (χ3n) is 2.96. The summed E-state index contributed by atoms with van der Waals surface area (Å²) in [7, 11) is 0. The predicted octanol–water partition coefficient (Wildman–Crippen LogP) is 2.69. The van der Waals surface area contributed by atoms with Crippen LogP contribution in [-0.4, -0.2) is 12.6 Å². The van der Waals surface area contributed by atoms with Crippen LogP contribution < -0.4 is 4.90 Å². The molecule has 3 heteroatoms. The Kier molecular flexibility index (Phi) is 2.59. The van der Waals surface area contributed by atoms with Gasteiger partial charge in [0, 0.05) is 18.3 Å². The molecule has 1 aromatic carbocycles. The van der Waals surface area contributed by atoms with Crippen LogP contribution in [0.4, 0.5) is 10.1 Å². The lowest BCUT2D eigenvalue weighted by Crippen LogP contribution is -2.26. The Hall–Kier alpha value is -1.56. The lowest BCUT2D eigenvalue weighted by molar-refractivity contribution is 0.622. The van der Waals surface area contributed by atoms with Crippen LogP contribution in [-0.2, 0) is 0 Å². The first kappa shape index (κ1) is 9.97. The number of rotatable bonds is 1. The highest BCUT2D eigenvalue weighted by Gasteiger charge is 2.21. The van der Waals surface area contributed by atoms with Gasteiger partial charge >= 0.3 is 0 Å². The summed E-state index contributed by atoms with van der Waals surface area (Å²) in [6, 6.07) is 7.13. The van der Waals surface area contributed by atoms with Gasteiger partial charge in [0.25, 0.3) is 0 Å². The van der Waals surface area contributed by atoms with E-state index in [9.17, 15) is 4.39 Å². The summed E-state index contributed by atoms with van der Waals surface area (Å²) < 4.78 is 13.4. The van der Waals surface area contributed by atoms with Gasteiger partial charge in [0.2, 0.25) is 0 Å². The number of halogens is 1. The molecule has 0 saturated carbocycles. The Morgan fingerprint density at radius 3 is 2.87 bits per heavy atom. The van der Waals surface area contributed by atoms with Crippen molar-refractivity contribution in [1.29, 1.82) is 5.26 Å². The molecule has 0 aromatic heterocycles. The van der Waals surface area contributed by atoms with E-state index in [-0.39, 0.29) is 5.56 Å². The zero-order valence-corrected chi connectivity index (χ0v) is 8.70. The monoisotopic (exact) mass is 204 g/mol. The van der Waals surface area contributed by atoms with Crippen molar-refractivity contribution in [3.8, 4) is 6.07 Å². The molecule has 0 N–H and O–H groups in total. The van der Waals surface area contributed by atoms with Crippen LogP contribution in [0.5, 0.6) is 0 Å². The molecule has 78 valence electrons. The van der Waals surface area contributed by atoms with Crippen molar-refractivity contribution < 1.29 is 4.39 Å². The first-order chi connectivity index (χ1) is 7.22. The van der Waals surface area contributed by atoms with E-state index in [0.29, 0.717) is 6.04 Å². The molecule has 0 bridgehead atoms. The summed E-state index contributed by atoms with van der Waals surface area (Å²) in [4.78, 5) is 2.18. The number of hydrogen-bond donors (Lipinski definition) is 0. The molecule has 1 aromatic rings. The van der Waals surface area contributed by atoms with E-state index >= 15 is 0 Å². The van der Waals surface area contributed by atoms with Gasteiger partial charge in [-0.05, 0) is 38.0 Å². The third kappa shape index (κ3) is 1.80. The first-order valence-electron chi connectivity index (χ1n) is 5.18. The number of benzene rings is 1. The summed E-state index contributed by atoms with van der Waals surface area (Å²) in [5.74, 6) is -0.422. The average molecular weight is 204 g/mol. The molecule has 0 aliphatic carbocycles. The third-order valence-corrected chi connectivity index (χ3v) is 2.96. The topological polar surface area (TPSA) is 27.0 Å². The van der Waals surface area contributed by atoms with Gasteiger partial charge in [-0.2, -0.15) is 5.26 Å². The Morgan fingerprint density at radius 1 is 1.53 bits per heavy atom. The molecule has 1 heterocycles. The van der Waals surface area contributed by atoms with Crippen molar-refractivity contribution >= 4 is 5.69 Å². The highest BCUT2D eigenvalue weighted by Crippen LogP contribution is 2.26. The van der Waals surface area contributed by atoms with Crippen molar-refractivity contribution in [3.05, 3.63) is 29.6 Å². The number of nitrogens with zero attached hydrogens (tertiary/aromatic N) is 2. The standard InChI is InChI=1S/C12H13FN2/c1-9-3-2-6-15(9)11-5-4-10(8-14)12(13)7-11/h4-5,7,9H,2-3,6H2,1H3. The minimum atomic E-state index is -0.422. The largest absolute Gasteiger partial charge is 0.369 e. The summed E-state index contributed by atoms with van der Waals surface area (Å²) in [5, 5.41) is 8.62. The van der Waals surface area contributed by atoms with Crippen LogP contribution in [0.15, 0.2) is 18.2 Å². The van der Waals surface area contributed by atoms with Crippen molar-refractivity contribution in [1.82, 2.24) is 0 Å². The first-order valence-corrected chi connectivity index (χ1v) is 5.18. The van der Waals surface area contributed by atoms with E-state index in [2.05, 4.69) is 11.8 Å². The number of hydrogen-bond acceptors (Lipinski definition) is 2. The summed E-state index contributed by atoms with van der Waals surface area (Å²) in [6.45, 7) is 3.12. The van der Waals surface area contributed by atoms with E-state index in [1.165, 1.54) is 6.07 Å². The molecule has 0 radical (unpaired) electrons. The average Bonchev–Trinajstić information content (AvgIpc) is 2.64. The van der Waals surface area contributed by atoms with Gasteiger partial charge in [0.1, 0.15) is 11.9 Å². The van der Waals surface area contributed by atoms with E-state index in [1.807, 2.05) is 12.1 Å².